The zero-order chi connectivity index (χ0) is 13.9. The van der Waals surface area contributed by atoms with Crippen LogP contribution in [0.3, 0.4) is 0 Å². The number of rotatable bonds is 5. The summed E-state index contributed by atoms with van der Waals surface area (Å²) in [4.78, 5) is 2.60. The van der Waals surface area contributed by atoms with Gasteiger partial charge in [0.05, 0.1) is 0 Å². The highest BCUT2D eigenvalue weighted by atomic mass is 79.9. The maximum absolute atomic E-state index is 3.56. The molecule has 0 radical (unpaired) electrons. The Balaban J connectivity index is 1.69. The van der Waals surface area contributed by atoms with Gasteiger partial charge in [0.25, 0.3) is 0 Å². The first-order valence-corrected chi connectivity index (χ1v) is 8.58. The Morgan fingerprint density at radius 1 is 1.20 bits per heavy atom. The molecule has 0 unspecified atom stereocenters. The third kappa shape index (κ3) is 3.87. The molecule has 0 saturated heterocycles. The number of hydrogen-bond acceptors (Lipinski definition) is 2. The standard InChI is InChI=1S/C17H18BrNS/c1-12-9-13(11-19-15-6-7-15)5-8-17(12)20-16-4-2-3-14(18)10-16/h2-5,8-10,15,19H,6-7,11H2,1H3. The van der Waals surface area contributed by atoms with Crippen LogP contribution in [0.4, 0.5) is 0 Å². The van der Waals surface area contributed by atoms with Gasteiger partial charge in [-0.1, -0.05) is 45.9 Å². The number of halogens is 1. The highest BCUT2D eigenvalue weighted by Gasteiger charge is 2.19. The third-order valence-corrected chi connectivity index (χ3v) is 5.10. The Morgan fingerprint density at radius 2 is 2.05 bits per heavy atom. The second-order valence-electron chi connectivity index (χ2n) is 5.31. The van der Waals surface area contributed by atoms with Crippen LogP contribution in [0.5, 0.6) is 0 Å². The molecule has 3 heteroatoms. The molecule has 1 saturated carbocycles. The van der Waals surface area contributed by atoms with Crippen molar-refractivity contribution >= 4 is 27.7 Å². The first-order chi connectivity index (χ1) is 9.70. The predicted molar refractivity (Wildman–Crippen MR) is 89.3 cm³/mol. The van der Waals surface area contributed by atoms with Crippen molar-refractivity contribution in [2.24, 2.45) is 0 Å². The maximum Gasteiger partial charge on any atom is 0.0208 e. The molecule has 1 N–H and O–H groups in total. The third-order valence-electron chi connectivity index (χ3n) is 3.44. The average molecular weight is 348 g/mol. The Morgan fingerprint density at radius 3 is 2.75 bits per heavy atom. The molecule has 2 aromatic carbocycles. The largest absolute Gasteiger partial charge is 0.310 e. The zero-order valence-electron chi connectivity index (χ0n) is 11.5. The fourth-order valence-electron chi connectivity index (χ4n) is 2.14. The van der Waals surface area contributed by atoms with Gasteiger partial charge in [-0.3, -0.25) is 0 Å². The van der Waals surface area contributed by atoms with E-state index in [-0.39, 0.29) is 0 Å². The first kappa shape index (κ1) is 14.2. The second-order valence-corrected chi connectivity index (χ2v) is 7.35. The molecule has 1 nitrogen and oxygen atoms in total. The summed E-state index contributed by atoms with van der Waals surface area (Å²) < 4.78 is 1.13. The van der Waals surface area contributed by atoms with Crippen LogP contribution in [0, 0.1) is 6.92 Å². The summed E-state index contributed by atoms with van der Waals surface area (Å²) in [7, 11) is 0. The van der Waals surface area contributed by atoms with E-state index in [0.717, 1.165) is 17.1 Å². The van der Waals surface area contributed by atoms with Gasteiger partial charge in [0.1, 0.15) is 0 Å². The lowest BCUT2D eigenvalue weighted by molar-refractivity contribution is 0.687. The molecule has 1 fully saturated rings. The molecular weight excluding hydrogens is 330 g/mol. The summed E-state index contributed by atoms with van der Waals surface area (Å²) in [6.45, 7) is 3.19. The predicted octanol–water partition coefficient (Wildman–Crippen LogP) is 5.16. The van der Waals surface area contributed by atoms with Crippen LogP contribution < -0.4 is 5.32 Å². The Kier molecular flexibility index (Phi) is 4.49. The Bertz CT molecular complexity index is 608. The van der Waals surface area contributed by atoms with E-state index in [1.165, 1.54) is 33.8 Å². The van der Waals surface area contributed by atoms with Crippen LogP contribution in [0.25, 0.3) is 0 Å². The summed E-state index contributed by atoms with van der Waals surface area (Å²) in [6.07, 6.45) is 2.69. The highest BCUT2D eigenvalue weighted by Crippen LogP contribution is 2.32. The summed E-state index contributed by atoms with van der Waals surface area (Å²) in [6, 6.07) is 16.0. The number of aryl methyl sites for hydroxylation is 1. The van der Waals surface area contributed by atoms with E-state index in [0.29, 0.717) is 0 Å². The lowest BCUT2D eigenvalue weighted by Crippen LogP contribution is -2.15. The minimum Gasteiger partial charge on any atom is -0.310 e. The van der Waals surface area contributed by atoms with E-state index < -0.39 is 0 Å². The lowest BCUT2D eigenvalue weighted by atomic mass is 10.1. The van der Waals surface area contributed by atoms with E-state index in [1.54, 1.807) is 0 Å². The first-order valence-electron chi connectivity index (χ1n) is 6.97. The number of nitrogens with one attached hydrogen (secondary N) is 1. The minimum absolute atomic E-state index is 0.769. The summed E-state index contributed by atoms with van der Waals surface area (Å²) in [5, 5.41) is 3.56. The van der Waals surface area contributed by atoms with Crippen LogP contribution in [0.1, 0.15) is 24.0 Å². The molecule has 1 aliphatic rings. The topological polar surface area (TPSA) is 12.0 Å². The maximum atomic E-state index is 3.56. The second kappa shape index (κ2) is 6.33. The molecule has 20 heavy (non-hydrogen) atoms. The van der Waals surface area contributed by atoms with Crippen molar-refractivity contribution in [1.82, 2.24) is 5.32 Å². The van der Waals surface area contributed by atoms with Crippen LogP contribution in [-0.2, 0) is 6.54 Å². The van der Waals surface area contributed by atoms with Gasteiger partial charge in [0, 0.05) is 26.9 Å². The number of hydrogen-bond donors (Lipinski definition) is 1. The van der Waals surface area contributed by atoms with Crippen molar-refractivity contribution in [2.45, 2.75) is 42.1 Å². The Labute approximate surface area is 133 Å². The SMILES string of the molecule is Cc1cc(CNC2CC2)ccc1Sc1cccc(Br)c1. The summed E-state index contributed by atoms with van der Waals surface area (Å²) in [5.41, 5.74) is 2.73. The van der Waals surface area contributed by atoms with Crippen LogP contribution in [-0.4, -0.2) is 6.04 Å². The van der Waals surface area contributed by atoms with Crippen LogP contribution in [0.2, 0.25) is 0 Å². The molecular formula is C17H18BrNS. The van der Waals surface area contributed by atoms with Crippen LogP contribution >= 0.6 is 27.7 Å². The molecule has 0 aliphatic heterocycles. The van der Waals surface area contributed by atoms with E-state index in [4.69, 9.17) is 0 Å². The molecule has 0 heterocycles. The fraction of sp³-hybridized carbons (Fsp3) is 0.294. The van der Waals surface area contributed by atoms with Crippen molar-refractivity contribution < 1.29 is 0 Å². The van der Waals surface area contributed by atoms with Gasteiger partial charge < -0.3 is 5.32 Å². The molecule has 0 bridgehead atoms. The van der Waals surface area contributed by atoms with Gasteiger partial charge in [0.15, 0.2) is 0 Å². The summed E-state index contributed by atoms with van der Waals surface area (Å²) >= 11 is 5.35. The quantitative estimate of drug-likeness (QED) is 0.801. The van der Waals surface area contributed by atoms with Gasteiger partial charge >= 0.3 is 0 Å². The molecule has 2 aromatic rings. The van der Waals surface area contributed by atoms with Crippen molar-refractivity contribution in [3.05, 3.63) is 58.1 Å². The average Bonchev–Trinajstić information content (AvgIpc) is 3.23. The van der Waals surface area contributed by atoms with Crippen LogP contribution in [0.15, 0.2) is 56.7 Å². The van der Waals surface area contributed by atoms with E-state index in [2.05, 4.69) is 70.6 Å². The zero-order valence-corrected chi connectivity index (χ0v) is 13.9. The van der Waals surface area contributed by atoms with Gasteiger partial charge in [-0.25, -0.2) is 0 Å². The van der Waals surface area contributed by atoms with Crippen molar-refractivity contribution in [2.75, 3.05) is 0 Å². The molecule has 104 valence electrons. The normalized spacial score (nSPS) is 14.5. The lowest BCUT2D eigenvalue weighted by Gasteiger charge is -2.09. The molecule has 0 atom stereocenters. The van der Waals surface area contributed by atoms with Crippen molar-refractivity contribution in [3.8, 4) is 0 Å². The molecule has 1 aliphatic carbocycles. The Hall–Kier alpha value is -0.770. The van der Waals surface area contributed by atoms with Gasteiger partial charge in [-0.05, 0) is 55.2 Å². The van der Waals surface area contributed by atoms with Gasteiger partial charge in [0.2, 0.25) is 0 Å². The van der Waals surface area contributed by atoms with E-state index in [1.807, 2.05) is 11.8 Å². The summed E-state index contributed by atoms with van der Waals surface area (Å²) in [5.74, 6) is 0. The molecule has 0 amide bonds. The highest BCUT2D eigenvalue weighted by molar-refractivity contribution is 9.10. The van der Waals surface area contributed by atoms with Crippen molar-refractivity contribution in [3.63, 3.8) is 0 Å². The van der Waals surface area contributed by atoms with Gasteiger partial charge in [-0.2, -0.15) is 0 Å². The monoisotopic (exact) mass is 347 g/mol. The van der Waals surface area contributed by atoms with Gasteiger partial charge in [-0.15, -0.1) is 0 Å². The number of benzene rings is 2. The van der Waals surface area contributed by atoms with Crippen molar-refractivity contribution in [1.29, 1.82) is 0 Å². The van der Waals surface area contributed by atoms with E-state index >= 15 is 0 Å². The molecule has 0 aromatic heterocycles. The fourth-order valence-corrected chi connectivity index (χ4v) is 3.64. The smallest absolute Gasteiger partial charge is 0.0208 e. The van der Waals surface area contributed by atoms with E-state index in [9.17, 15) is 0 Å². The molecule has 3 rings (SSSR count). The molecule has 0 spiro atoms. The minimum atomic E-state index is 0.769.